The normalized spacial score (nSPS) is 12.0. The fraction of sp³-hybridized carbons (Fsp3) is 0.240. The first-order valence-electron chi connectivity index (χ1n) is 11.0. The van der Waals surface area contributed by atoms with E-state index in [9.17, 15) is 18.3 Å². The summed E-state index contributed by atoms with van der Waals surface area (Å²) in [4.78, 5) is 17.7. The smallest absolute Gasteiger partial charge is 0.420 e. The molecule has 5 aromatic rings. The Balaban J connectivity index is 1.76. The van der Waals surface area contributed by atoms with E-state index in [1.54, 1.807) is 32.2 Å². The fourth-order valence-corrected chi connectivity index (χ4v) is 5.05. The quantitative estimate of drug-likeness (QED) is 0.365. The lowest BCUT2D eigenvalue weighted by Gasteiger charge is -2.12. The number of aliphatic hydroxyl groups excluding tert-OH is 1. The molecular weight excluding hydrogens is 486 g/mol. The molecule has 5 rings (SSSR count). The van der Waals surface area contributed by atoms with Gasteiger partial charge >= 0.3 is 5.76 Å². The van der Waals surface area contributed by atoms with Crippen molar-refractivity contribution < 1.29 is 27.2 Å². The number of pyridine rings is 1. The number of nitrogens with zero attached hydrogens (tertiary/aromatic N) is 3. The summed E-state index contributed by atoms with van der Waals surface area (Å²) in [7, 11) is -1.80. The summed E-state index contributed by atoms with van der Waals surface area (Å²) in [5.74, 6) is 0.510. The van der Waals surface area contributed by atoms with E-state index in [2.05, 4.69) is 10.1 Å². The average molecular weight is 510 g/mol. The van der Waals surface area contributed by atoms with Crippen LogP contribution < -0.4 is 10.5 Å². The van der Waals surface area contributed by atoms with Gasteiger partial charge in [-0.3, -0.25) is 4.57 Å². The number of aromatic nitrogens is 3. The van der Waals surface area contributed by atoms with E-state index in [1.807, 2.05) is 13.0 Å². The lowest BCUT2D eigenvalue weighted by atomic mass is 10.00. The van der Waals surface area contributed by atoms with Crippen molar-refractivity contribution in [2.75, 3.05) is 13.4 Å². The van der Waals surface area contributed by atoms with E-state index in [0.29, 0.717) is 44.8 Å². The van der Waals surface area contributed by atoms with Crippen LogP contribution in [0.2, 0.25) is 0 Å². The molecule has 0 aliphatic rings. The zero-order valence-corrected chi connectivity index (χ0v) is 20.8. The Morgan fingerprint density at radius 3 is 2.44 bits per heavy atom. The summed E-state index contributed by atoms with van der Waals surface area (Å²) in [6, 6.07) is 9.86. The first-order valence-corrected chi connectivity index (χ1v) is 12.9. The van der Waals surface area contributed by atoms with E-state index in [-0.39, 0.29) is 22.7 Å². The number of methoxy groups -OCH3 is 1. The van der Waals surface area contributed by atoms with Crippen LogP contribution in [0.15, 0.2) is 55.0 Å². The van der Waals surface area contributed by atoms with E-state index in [1.165, 1.54) is 16.7 Å². The van der Waals surface area contributed by atoms with Gasteiger partial charge in [0.15, 0.2) is 15.4 Å². The fourth-order valence-electron chi connectivity index (χ4n) is 4.42. The van der Waals surface area contributed by atoms with Crippen molar-refractivity contribution in [3.63, 3.8) is 0 Å². The minimum Gasteiger partial charge on any atom is -0.496 e. The number of fused-ring (bicyclic) bond motifs is 3. The third-order valence-corrected chi connectivity index (χ3v) is 7.26. The van der Waals surface area contributed by atoms with Gasteiger partial charge in [0.2, 0.25) is 0 Å². The largest absolute Gasteiger partial charge is 0.496 e. The van der Waals surface area contributed by atoms with Crippen molar-refractivity contribution in [2.45, 2.75) is 31.9 Å². The second-order valence-corrected chi connectivity index (χ2v) is 10.5. The molecule has 0 saturated carbocycles. The summed E-state index contributed by atoms with van der Waals surface area (Å²) in [5.41, 5.74) is 4.23. The number of rotatable bonds is 6. The van der Waals surface area contributed by atoms with Gasteiger partial charge in [-0.25, -0.2) is 18.2 Å². The average Bonchev–Trinajstić information content (AvgIpc) is 3.35. The topological polar surface area (TPSA) is 138 Å². The first-order chi connectivity index (χ1) is 17.1. The Kier molecular flexibility index (Phi) is 5.68. The van der Waals surface area contributed by atoms with Gasteiger partial charge in [-0.05, 0) is 43.7 Å². The first kappa shape index (κ1) is 23.8. The van der Waals surface area contributed by atoms with Crippen molar-refractivity contribution in [3.05, 3.63) is 69.7 Å². The molecule has 36 heavy (non-hydrogen) atoms. The molecule has 11 heteroatoms. The highest BCUT2D eigenvalue weighted by Crippen LogP contribution is 2.39. The molecule has 186 valence electrons. The molecule has 0 saturated heterocycles. The van der Waals surface area contributed by atoms with Crippen LogP contribution in [0.1, 0.15) is 22.7 Å². The second-order valence-electron chi connectivity index (χ2n) is 8.53. The number of hydrogen-bond acceptors (Lipinski definition) is 9. The van der Waals surface area contributed by atoms with Crippen LogP contribution in [0.3, 0.4) is 0 Å². The van der Waals surface area contributed by atoms with Crippen LogP contribution in [0.5, 0.6) is 5.75 Å². The number of ether oxygens (including phenoxy) is 1. The monoisotopic (exact) mass is 509 g/mol. The lowest BCUT2D eigenvalue weighted by molar-refractivity contribution is 0.277. The van der Waals surface area contributed by atoms with Crippen LogP contribution in [0.25, 0.3) is 33.1 Å². The SMILES string of the molecule is COc1cc2c(cc1-c1c(C)noc1C)nc(CO)c1oc(=O)n(Cc3ccc(S(C)(=O)=O)cc3)c12. The van der Waals surface area contributed by atoms with Crippen LogP contribution in [-0.4, -0.2) is 41.6 Å². The minimum absolute atomic E-state index is 0.119. The van der Waals surface area contributed by atoms with Crippen LogP contribution in [0.4, 0.5) is 0 Å². The third-order valence-electron chi connectivity index (χ3n) is 6.13. The van der Waals surface area contributed by atoms with E-state index < -0.39 is 22.2 Å². The molecule has 0 bridgehead atoms. The van der Waals surface area contributed by atoms with Crippen LogP contribution >= 0.6 is 0 Å². The van der Waals surface area contributed by atoms with Gasteiger partial charge in [0.05, 0.1) is 41.9 Å². The van der Waals surface area contributed by atoms with Crippen molar-refractivity contribution in [2.24, 2.45) is 0 Å². The molecule has 0 atom stereocenters. The van der Waals surface area contributed by atoms with Gasteiger partial charge in [0.25, 0.3) is 0 Å². The molecule has 0 aliphatic heterocycles. The molecule has 0 unspecified atom stereocenters. The third kappa shape index (κ3) is 3.86. The van der Waals surface area contributed by atoms with Crippen molar-refractivity contribution in [3.8, 4) is 16.9 Å². The minimum atomic E-state index is -3.35. The summed E-state index contributed by atoms with van der Waals surface area (Å²) < 4.78 is 41.6. The summed E-state index contributed by atoms with van der Waals surface area (Å²) in [6.45, 7) is 3.31. The van der Waals surface area contributed by atoms with E-state index in [4.69, 9.17) is 13.7 Å². The zero-order valence-electron chi connectivity index (χ0n) is 20.0. The Bertz CT molecular complexity index is 1780. The van der Waals surface area contributed by atoms with E-state index in [0.717, 1.165) is 11.8 Å². The molecule has 1 N–H and O–H groups in total. The molecule has 0 aliphatic carbocycles. The van der Waals surface area contributed by atoms with E-state index >= 15 is 0 Å². The molecule has 10 nitrogen and oxygen atoms in total. The number of oxazole rings is 1. The predicted octanol–water partition coefficient (Wildman–Crippen LogP) is 3.37. The number of sulfone groups is 1. The standard InChI is InChI=1S/C25H23N3O7S/c1-13-22(14(2)35-27-13)18-9-19-17(10-21(18)33-3)23-24(20(12-29)26-19)34-25(30)28(23)11-15-5-7-16(8-6-15)36(4,31)32/h5-10,29H,11-12H2,1-4H3. The van der Waals surface area contributed by atoms with Crippen LogP contribution in [0, 0.1) is 13.8 Å². The Morgan fingerprint density at radius 2 is 1.86 bits per heavy atom. The molecule has 0 spiro atoms. The van der Waals surface area contributed by atoms with Gasteiger partial charge in [-0.2, -0.15) is 0 Å². The van der Waals surface area contributed by atoms with Gasteiger partial charge < -0.3 is 18.8 Å². The van der Waals surface area contributed by atoms with Crippen molar-refractivity contribution in [1.82, 2.24) is 14.7 Å². The maximum atomic E-state index is 12.9. The highest BCUT2D eigenvalue weighted by atomic mass is 32.2. The van der Waals surface area contributed by atoms with Crippen molar-refractivity contribution >= 4 is 31.8 Å². The van der Waals surface area contributed by atoms with Gasteiger partial charge in [0.1, 0.15) is 22.7 Å². The summed E-state index contributed by atoms with van der Waals surface area (Å²) >= 11 is 0. The summed E-state index contributed by atoms with van der Waals surface area (Å²) in [5, 5.41) is 14.6. The number of benzene rings is 2. The van der Waals surface area contributed by atoms with Crippen LogP contribution in [-0.2, 0) is 23.0 Å². The molecule has 0 radical (unpaired) electrons. The van der Waals surface area contributed by atoms with Gasteiger partial charge in [-0.1, -0.05) is 17.3 Å². The molecular formula is C25H23N3O7S. The highest BCUT2D eigenvalue weighted by Gasteiger charge is 2.23. The summed E-state index contributed by atoms with van der Waals surface area (Å²) in [6.07, 6.45) is 1.13. The molecule has 3 heterocycles. The molecule has 0 amide bonds. The second kappa shape index (κ2) is 8.61. The number of hydrogen-bond donors (Lipinski definition) is 1. The number of aryl methyl sites for hydroxylation is 2. The Morgan fingerprint density at radius 1 is 1.14 bits per heavy atom. The molecule has 0 fully saturated rings. The highest BCUT2D eigenvalue weighted by molar-refractivity contribution is 7.90. The number of aliphatic hydroxyl groups is 1. The Hall–Kier alpha value is -3.96. The maximum absolute atomic E-state index is 12.9. The Labute approximate surface area is 205 Å². The van der Waals surface area contributed by atoms with Gasteiger partial charge in [0, 0.05) is 17.2 Å². The molecule has 2 aromatic carbocycles. The lowest BCUT2D eigenvalue weighted by Crippen LogP contribution is -2.15. The van der Waals surface area contributed by atoms with Crippen molar-refractivity contribution in [1.29, 1.82) is 0 Å². The maximum Gasteiger partial charge on any atom is 0.420 e. The zero-order chi connectivity index (χ0) is 25.8. The predicted molar refractivity (Wildman–Crippen MR) is 132 cm³/mol. The molecule has 3 aromatic heterocycles. The van der Waals surface area contributed by atoms with Gasteiger partial charge in [-0.15, -0.1) is 0 Å².